The summed E-state index contributed by atoms with van der Waals surface area (Å²) in [7, 11) is 0. The Hall–Kier alpha value is -0.850. The van der Waals surface area contributed by atoms with Crippen LogP contribution < -0.4 is 0 Å². The van der Waals surface area contributed by atoms with Crippen LogP contribution in [0.3, 0.4) is 0 Å². The quantitative estimate of drug-likeness (QED) is 0.533. The molecule has 0 bridgehead atoms. The van der Waals surface area contributed by atoms with Crippen molar-refractivity contribution >= 4 is 0 Å². The summed E-state index contributed by atoms with van der Waals surface area (Å²) in [6.07, 6.45) is 2.04. The van der Waals surface area contributed by atoms with E-state index >= 15 is 0 Å². The van der Waals surface area contributed by atoms with Gasteiger partial charge in [0.15, 0.2) is 0 Å². The highest BCUT2D eigenvalue weighted by atomic mass is 14.6. The van der Waals surface area contributed by atoms with Crippen LogP contribution in [0, 0.1) is 0 Å². The van der Waals surface area contributed by atoms with Gasteiger partial charge in [0.1, 0.15) is 0 Å². The second-order valence-corrected chi connectivity index (χ2v) is 3.41. The summed E-state index contributed by atoms with van der Waals surface area (Å²) < 4.78 is 7.52. The zero-order chi connectivity index (χ0) is 8.48. The van der Waals surface area contributed by atoms with Crippen molar-refractivity contribution in [3.63, 3.8) is 0 Å². The predicted molar refractivity (Wildman–Crippen MR) is 42.9 cm³/mol. The van der Waals surface area contributed by atoms with E-state index in [-0.39, 0.29) is 5.41 Å². The molecule has 1 rings (SSSR count). The number of pyridine rings is 1. The van der Waals surface area contributed by atoms with Gasteiger partial charge in [0.2, 0.25) is 0 Å². The molecule has 0 saturated carbocycles. The molecule has 0 unspecified atom stereocenters. The van der Waals surface area contributed by atoms with E-state index < -0.39 is 0 Å². The lowest BCUT2D eigenvalue weighted by Gasteiger charge is -2.17. The molecule has 0 N–H and O–H groups in total. The van der Waals surface area contributed by atoms with Crippen molar-refractivity contribution in [3.8, 4) is 0 Å². The summed E-state index contributed by atoms with van der Waals surface area (Å²) in [5.74, 6) is 0. The largest absolute Gasteiger partial charge is 0.264 e. The summed E-state index contributed by atoms with van der Waals surface area (Å²) in [5, 5.41) is 0. The summed E-state index contributed by atoms with van der Waals surface area (Å²) >= 11 is 0. The Morgan fingerprint density at radius 3 is 2.60 bits per heavy atom. The smallest absolute Gasteiger partial charge is 0.0843 e. The van der Waals surface area contributed by atoms with Crippen molar-refractivity contribution in [2.45, 2.75) is 26.2 Å². The molecule has 0 atom stereocenters. The SMILES string of the molecule is [2H]c1ncccc1C(C)(C)C. The molecule has 0 radical (unpaired) electrons. The van der Waals surface area contributed by atoms with Crippen LogP contribution in [-0.4, -0.2) is 4.98 Å². The average Bonchev–Trinajstić information content (AvgIpc) is 1.86. The normalized spacial score (nSPS) is 12.9. The first kappa shape index (κ1) is 5.90. The molecule has 54 valence electrons. The lowest BCUT2D eigenvalue weighted by molar-refractivity contribution is 0.587. The second-order valence-electron chi connectivity index (χ2n) is 3.41. The van der Waals surface area contributed by atoms with Gasteiger partial charge in [0.05, 0.1) is 1.37 Å². The number of rotatable bonds is 0. The topological polar surface area (TPSA) is 12.9 Å². The van der Waals surface area contributed by atoms with Gasteiger partial charge in [-0.1, -0.05) is 26.8 Å². The number of hydrogen-bond donors (Lipinski definition) is 0. The lowest BCUT2D eigenvalue weighted by atomic mass is 9.88. The first-order chi connectivity index (χ1) is 5.02. The van der Waals surface area contributed by atoms with E-state index in [2.05, 4.69) is 25.8 Å². The third-order valence-electron chi connectivity index (χ3n) is 1.42. The zero-order valence-electron chi connectivity index (χ0n) is 7.68. The van der Waals surface area contributed by atoms with E-state index in [1.165, 1.54) is 0 Å². The molecule has 0 fully saturated rings. The number of nitrogens with zero attached hydrogens (tertiary/aromatic N) is 1. The molecule has 1 heteroatoms. The molecule has 1 aromatic heterocycles. The summed E-state index contributed by atoms with van der Waals surface area (Å²) in [6, 6.07) is 3.83. The molecule has 1 nitrogen and oxygen atoms in total. The highest BCUT2D eigenvalue weighted by Gasteiger charge is 2.11. The van der Waals surface area contributed by atoms with Crippen molar-refractivity contribution < 1.29 is 1.37 Å². The van der Waals surface area contributed by atoms with Crippen LogP contribution in [0.2, 0.25) is 0 Å². The highest BCUT2D eigenvalue weighted by Crippen LogP contribution is 2.19. The Kier molecular flexibility index (Phi) is 1.42. The molecule has 0 aliphatic rings. The Morgan fingerprint density at radius 1 is 1.50 bits per heavy atom. The maximum Gasteiger partial charge on any atom is 0.0843 e. The van der Waals surface area contributed by atoms with Crippen LogP contribution in [0.4, 0.5) is 0 Å². The molecule has 0 aromatic carbocycles. The summed E-state index contributed by atoms with van der Waals surface area (Å²) in [6.45, 7) is 6.26. The average molecular weight is 136 g/mol. The van der Waals surface area contributed by atoms with Gasteiger partial charge in [0, 0.05) is 12.4 Å². The van der Waals surface area contributed by atoms with E-state index in [1.54, 1.807) is 6.20 Å². The van der Waals surface area contributed by atoms with E-state index in [1.807, 2.05) is 12.1 Å². The van der Waals surface area contributed by atoms with Crippen LogP contribution in [-0.2, 0) is 5.41 Å². The monoisotopic (exact) mass is 136 g/mol. The molecule has 1 aromatic rings. The predicted octanol–water partition coefficient (Wildman–Crippen LogP) is 2.38. The van der Waals surface area contributed by atoms with Gasteiger partial charge < -0.3 is 0 Å². The van der Waals surface area contributed by atoms with E-state index in [4.69, 9.17) is 1.37 Å². The summed E-state index contributed by atoms with van der Waals surface area (Å²) in [5.41, 5.74) is 1.03. The van der Waals surface area contributed by atoms with Gasteiger partial charge in [-0.05, 0) is 17.0 Å². The van der Waals surface area contributed by atoms with Crippen LogP contribution >= 0.6 is 0 Å². The van der Waals surface area contributed by atoms with E-state index in [0.29, 0.717) is 6.17 Å². The molecule has 10 heavy (non-hydrogen) atoms. The Labute approximate surface area is 63.5 Å². The first-order valence-electron chi connectivity index (χ1n) is 3.94. The molecule has 0 spiro atoms. The molecule has 0 amide bonds. The second kappa shape index (κ2) is 2.41. The van der Waals surface area contributed by atoms with E-state index in [9.17, 15) is 0 Å². The molecule has 0 aliphatic heterocycles. The number of aromatic nitrogens is 1. The standard InChI is InChI=1S/C9H13N/c1-9(2,3)8-5-4-6-10-7-8/h4-7H,1-3H3/i7D. The molecule has 0 aliphatic carbocycles. The van der Waals surface area contributed by atoms with Crippen molar-refractivity contribution in [1.82, 2.24) is 4.98 Å². The van der Waals surface area contributed by atoms with Gasteiger partial charge in [-0.2, -0.15) is 0 Å². The minimum atomic E-state index is 0.0331. The van der Waals surface area contributed by atoms with Crippen LogP contribution in [0.15, 0.2) is 24.5 Å². The van der Waals surface area contributed by atoms with Crippen LogP contribution in [0.1, 0.15) is 27.7 Å². The van der Waals surface area contributed by atoms with Crippen molar-refractivity contribution in [2.24, 2.45) is 0 Å². The lowest BCUT2D eigenvalue weighted by Crippen LogP contribution is -2.10. The molecular formula is C9H13N. The fourth-order valence-corrected chi connectivity index (χ4v) is 0.744. The maximum atomic E-state index is 7.52. The zero-order valence-corrected chi connectivity index (χ0v) is 6.68. The minimum absolute atomic E-state index is 0.0331. The van der Waals surface area contributed by atoms with Gasteiger partial charge in [-0.15, -0.1) is 0 Å². The van der Waals surface area contributed by atoms with Crippen LogP contribution in [0.25, 0.3) is 0 Å². The minimum Gasteiger partial charge on any atom is -0.264 e. The fraction of sp³-hybridized carbons (Fsp3) is 0.444. The van der Waals surface area contributed by atoms with Crippen molar-refractivity contribution in [1.29, 1.82) is 0 Å². The fourth-order valence-electron chi connectivity index (χ4n) is 0.744. The van der Waals surface area contributed by atoms with Gasteiger partial charge >= 0.3 is 0 Å². The third kappa shape index (κ3) is 1.56. The highest BCUT2D eigenvalue weighted by molar-refractivity contribution is 5.17. The summed E-state index contributed by atoms with van der Waals surface area (Å²) in [4.78, 5) is 3.91. The molecule has 1 heterocycles. The Balaban J connectivity index is 3.14. The third-order valence-corrected chi connectivity index (χ3v) is 1.42. The van der Waals surface area contributed by atoms with Gasteiger partial charge in [0.25, 0.3) is 0 Å². The maximum absolute atomic E-state index is 7.52. The Bertz CT molecular complexity index is 250. The van der Waals surface area contributed by atoms with Crippen molar-refractivity contribution in [3.05, 3.63) is 30.1 Å². The van der Waals surface area contributed by atoms with E-state index in [0.717, 1.165) is 5.56 Å². The van der Waals surface area contributed by atoms with Crippen molar-refractivity contribution in [2.75, 3.05) is 0 Å². The van der Waals surface area contributed by atoms with Gasteiger partial charge in [-0.3, -0.25) is 4.98 Å². The first-order valence-corrected chi connectivity index (χ1v) is 3.44. The Morgan fingerprint density at radius 2 is 2.20 bits per heavy atom. The molecular weight excluding hydrogens is 122 g/mol. The van der Waals surface area contributed by atoms with Gasteiger partial charge in [-0.25, -0.2) is 0 Å². The van der Waals surface area contributed by atoms with Crippen LogP contribution in [0.5, 0.6) is 0 Å². The molecule has 0 saturated heterocycles. The number of hydrogen-bond acceptors (Lipinski definition) is 1.